The smallest absolute Gasteiger partial charge is 0.310 e. The summed E-state index contributed by atoms with van der Waals surface area (Å²) in [6.07, 6.45) is 0.0455. The van der Waals surface area contributed by atoms with Crippen LogP contribution in [0.2, 0.25) is 0 Å². The number of esters is 1. The number of methoxy groups -OCH3 is 3. The van der Waals surface area contributed by atoms with Crippen molar-refractivity contribution in [1.29, 1.82) is 0 Å². The third-order valence-corrected chi connectivity index (χ3v) is 3.00. The lowest BCUT2D eigenvalue weighted by molar-refractivity contribution is -0.144. The van der Waals surface area contributed by atoms with Gasteiger partial charge in [0, 0.05) is 6.92 Å². The summed E-state index contributed by atoms with van der Waals surface area (Å²) in [5.41, 5.74) is 0.672. The van der Waals surface area contributed by atoms with E-state index in [2.05, 4.69) is 10.2 Å². The molecule has 0 radical (unpaired) electrons. The molecule has 2 rings (SSSR count). The number of aryl methyl sites for hydroxylation is 1. The molecule has 124 valence electrons. The van der Waals surface area contributed by atoms with Crippen molar-refractivity contribution in [1.82, 2.24) is 10.2 Å². The molecule has 0 aliphatic heterocycles. The molecule has 0 atom stereocenters. The van der Waals surface area contributed by atoms with E-state index in [0.29, 0.717) is 28.7 Å². The van der Waals surface area contributed by atoms with E-state index in [4.69, 9.17) is 23.4 Å². The molecule has 0 unspecified atom stereocenters. The average molecular weight is 322 g/mol. The topological polar surface area (TPSA) is 92.9 Å². The van der Waals surface area contributed by atoms with Crippen LogP contribution < -0.4 is 14.2 Å². The van der Waals surface area contributed by atoms with E-state index in [1.807, 2.05) is 0 Å². The standard InChI is InChI=1S/C15H18N2O6/c1-9-16-17-13(23-9)8-22-14(18)7-10-5-11(19-2)15(21-4)12(6-10)20-3/h5-6H,7-8H2,1-4H3. The van der Waals surface area contributed by atoms with Crippen LogP contribution in [-0.2, 0) is 22.6 Å². The zero-order valence-corrected chi connectivity index (χ0v) is 13.4. The maximum atomic E-state index is 11.9. The second-order valence-electron chi connectivity index (χ2n) is 4.59. The van der Waals surface area contributed by atoms with E-state index in [1.165, 1.54) is 21.3 Å². The summed E-state index contributed by atoms with van der Waals surface area (Å²) in [6, 6.07) is 3.39. The Balaban J connectivity index is 2.05. The van der Waals surface area contributed by atoms with Gasteiger partial charge in [-0.25, -0.2) is 0 Å². The molecule has 0 bridgehead atoms. The van der Waals surface area contributed by atoms with Gasteiger partial charge in [0.1, 0.15) is 0 Å². The Kier molecular flexibility index (Phi) is 5.40. The maximum absolute atomic E-state index is 11.9. The van der Waals surface area contributed by atoms with Gasteiger partial charge in [-0.3, -0.25) is 4.79 Å². The van der Waals surface area contributed by atoms with Gasteiger partial charge >= 0.3 is 5.97 Å². The Labute approximate surface area is 133 Å². The van der Waals surface area contributed by atoms with E-state index in [0.717, 1.165) is 0 Å². The Bertz CT molecular complexity index is 657. The monoisotopic (exact) mass is 322 g/mol. The van der Waals surface area contributed by atoms with Gasteiger partial charge in [0.05, 0.1) is 27.8 Å². The first-order chi connectivity index (χ1) is 11.1. The molecular formula is C15H18N2O6. The lowest BCUT2D eigenvalue weighted by atomic mass is 10.1. The molecule has 0 saturated carbocycles. The second kappa shape index (κ2) is 7.48. The summed E-state index contributed by atoms with van der Waals surface area (Å²) in [7, 11) is 4.54. The van der Waals surface area contributed by atoms with E-state index in [-0.39, 0.29) is 18.9 Å². The molecule has 1 heterocycles. The number of carbonyl (C=O) groups excluding carboxylic acids is 1. The van der Waals surface area contributed by atoms with Gasteiger partial charge in [-0.1, -0.05) is 0 Å². The van der Waals surface area contributed by atoms with Gasteiger partial charge in [-0.05, 0) is 17.7 Å². The largest absolute Gasteiger partial charge is 0.493 e. The normalized spacial score (nSPS) is 10.3. The van der Waals surface area contributed by atoms with Crippen molar-refractivity contribution in [3.63, 3.8) is 0 Å². The van der Waals surface area contributed by atoms with Crippen LogP contribution >= 0.6 is 0 Å². The fraction of sp³-hybridized carbons (Fsp3) is 0.400. The van der Waals surface area contributed by atoms with Crippen LogP contribution in [0.25, 0.3) is 0 Å². The van der Waals surface area contributed by atoms with Gasteiger partial charge in [-0.15, -0.1) is 10.2 Å². The minimum atomic E-state index is -0.435. The summed E-state index contributed by atoms with van der Waals surface area (Å²) < 4.78 is 25.9. The Morgan fingerprint density at radius 3 is 2.22 bits per heavy atom. The van der Waals surface area contributed by atoms with Crippen molar-refractivity contribution in [3.8, 4) is 17.2 Å². The van der Waals surface area contributed by atoms with Crippen LogP contribution in [0.3, 0.4) is 0 Å². The first-order valence-electron chi connectivity index (χ1n) is 6.80. The summed E-state index contributed by atoms with van der Waals surface area (Å²) in [5.74, 6) is 1.65. The quantitative estimate of drug-likeness (QED) is 0.711. The fourth-order valence-electron chi connectivity index (χ4n) is 1.99. The first kappa shape index (κ1) is 16.6. The number of hydrogen-bond acceptors (Lipinski definition) is 8. The number of nitrogens with zero attached hydrogens (tertiary/aromatic N) is 2. The molecule has 23 heavy (non-hydrogen) atoms. The van der Waals surface area contributed by atoms with Crippen molar-refractivity contribution in [2.24, 2.45) is 0 Å². The third kappa shape index (κ3) is 4.12. The SMILES string of the molecule is COc1cc(CC(=O)OCc2nnc(C)o2)cc(OC)c1OC. The zero-order chi connectivity index (χ0) is 16.8. The highest BCUT2D eigenvalue weighted by Gasteiger charge is 2.16. The van der Waals surface area contributed by atoms with Gasteiger partial charge in [0.15, 0.2) is 18.1 Å². The van der Waals surface area contributed by atoms with Gasteiger partial charge in [-0.2, -0.15) is 0 Å². The molecule has 1 aromatic heterocycles. The van der Waals surface area contributed by atoms with E-state index in [1.54, 1.807) is 19.1 Å². The van der Waals surface area contributed by atoms with Crippen LogP contribution in [-0.4, -0.2) is 37.5 Å². The van der Waals surface area contributed by atoms with Crippen molar-refractivity contribution >= 4 is 5.97 Å². The Morgan fingerprint density at radius 2 is 1.74 bits per heavy atom. The van der Waals surface area contributed by atoms with E-state index >= 15 is 0 Å². The third-order valence-electron chi connectivity index (χ3n) is 3.00. The Hall–Kier alpha value is -2.77. The van der Waals surface area contributed by atoms with Crippen molar-refractivity contribution in [2.75, 3.05) is 21.3 Å². The van der Waals surface area contributed by atoms with Crippen molar-refractivity contribution in [2.45, 2.75) is 20.0 Å². The molecule has 8 nitrogen and oxygen atoms in total. The molecule has 0 aliphatic carbocycles. The second-order valence-corrected chi connectivity index (χ2v) is 4.59. The number of carbonyl (C=O) groups is 1. The predicted octanol–water partition coefficient (Wildman–Crippen LogP) is 1.69. The van der Waals surface area contributed by atoms with Crippen LogP contribution in [0.4, 0.5) is 0 Å². The molecule has 0 aliphatic rings. The highest BCUT2D eigenvalue weighted by molar-refractivity contribution is 5.73. The maximum Gasteiger partial charge on any atom is 0.310 e. The van der Waals surface area contributed by atoms with Crippen molar-refractivity contribution in [3.05, 3.63) is 29.5 Å². The summed E-state index contributed by atoms with van der Waals surface area (Å²) in [4.78, 5) is 11.9. The lowest BCUT2D eigenvalue weighted by Crippen LogP contribution is -2.09. The molecular weight excluding hydrogens is 304 g/mol. The molecule has 0 amide bonds. The number of ether oxygens (including phenoxy) is 4. The molecule has 0 fully saturated rings. The van der Waals surface area contributed by atoms with Crippen LogP contribution in [0.15, 0.2) is 16.5 Å². The summed E-state index contributed by atoms with van der Waals surface area (Å²) in [6.45, 7) is 1.60. The summed E-state index contributed by atoms with van der Waals surface area (Å²) >= 11 is 0. The van der Waals surface area contributed by atoms with Crippen molar-refractivity contribution < 1.29 is 28.2 Å². The van der Waals surface area contributed by atoms with Gasteiger partial charge in [0.2, 0.25) is 11.6 Å². The molecule has 0 spiro atoms. The van der Waals surface area contributed by atoms with Crippen LogP contribution in [0.5, 0.6) is 17.2 Å². The Morgan fingerprint density at radius 1 is 1.09 bits per heavy atom. The highest BCUT2D eigenvalue weighted by atomic mass is 16.5. The highest BCUT2D eigenvalue weighted by Crippen LogP contribution is 2.38. The summed E-state index contributed by atoms with van der Waals surface area (Å²) in [5, 5.41) is 7.41. The van der Waals surface area contributed by atoms with Gasteiger partial charge < -0.3 is 23.4 Å². The molecule has 2 aromatic rings. The zero-order valence-electron chi connectivity index (χ0n) is 13.4. The van der Waals surface area contributed by atoms with E-state index in [9.17, 15) is 4.79 Å². The predicted molar refractivity (Wildman–Crippen MR) is 78.6 cm³/mol. The number of aromatic nitrogens is 2. The first-order valence-corrected chi connectivity index (χ1v) is 6.80. The lowest BCUT2D eigenvalue weighted by Gasteiger charge is -2.13. The number of hydrogen-bond donors (Lipinski definition) is 0. The number of rotatable bonds is 7. The van der Waals surface area contributed by atoms with E-state index < -0.39 is 5.97 Å². The number of benzene rings is 1. The molecule has 1 aromatic carbocycles. The molecule has 8 heteroatoms. The average Bonchev–Trinajstić information content (AvgIpc) is 2.97. The van der Waals surface area contributed by atoms with Crippen LogP contribution in [0.1, 0.15) is 17.3 Å². The minimum absolute atomic E-state index is 0.0455. The minimum Gasteiger partial charge on any atom is -0.493 e. The van der Waals surface area contributed by atoms with Gasteiger partial charge in [0.25, 0.3) is 5.89 Å². The molecule has 0 saturated heterocycles. The molecule has 0 N–H and O–H groups in total. The fourth-order valence-corrected chi connectivity index (χ4v) is 1.99. The van der Waals surface area contributed by atoms with Crippen LogP contribution in [0, 0.1) is 6.92 Å².